The molecule has 1 N–H and O–H groups in total. The molecule has 1 aromatic carbocycles. The largest absolute Gasteiger partial charge is 0.492 e. The SMILES string of the molecule is Cc1cccc(OCCN2CCNCC2C#N)c1. The molecule has 4 nitrogen and oxygen atoms in total. The van der Waals surface area contributed by atoms with Gasteiger partial charge < -0.3 is 10.1 Å². The second-order valence-corrected chi connectivity index (χ2v) is 4.55. The van der Waals surface area contributed by atoms with E-state index in [0.717, 1.165) is 31.9 Å². The maximum atomic E-state index is 9.04. The summed E-state index contributed by atoms with van der Waals surface area (Å²) in [7, 11) is 0. The van der Waals surface area contributed by atoms with Crippen LogP contribution in [-0.4, -0.2) is 43.7 Å². The molecule has 1 fully saturated rings. The monoisotopic (exact) mass is 245 g/mol. The first-order valence-electron chi connectivity index (χ1n) is 6.33. The molecule has 1 aliphatic rings. The van der Waals surface area contributed by atoms with Gasteiger partial charge in [-0.3, -0.25) is 4.90 Å². The molecule has 1 saturated heterocycles. The zero-order chi connectivity index (χ0) is 12.8. The second-order valence-electron chi connectivity index (χ2n) is 4.55. The highest BCUT2D eigenvalue weighted by Crippen LogP contribution is 2.12. The summed E-state index contributed by atoms with van der Waals surface area (Å²) in [6.07, 6.45) is 0. The highest BCUT2D eigenvalue weighted by atomic mass is 16.5. The van der Waals surface area contributed by atoms with Crippen molar-refractivity contribution in [1.29, 1.82) is 5.26 Å². The van der Waals surface area contributed by atoms with Gasteiger partial charge >= 0.3 is 0 Å². The van der Waals surface area contributed by atoms with Crippen molar-refractivity contribution in [3.05, 3.63) is 29.8 Å². The van der Waals surface area contributed by atoms with Gasteiger partial charge in [0.05, 0.1) is 6.07 Å². The molecular formula is C14H19N3O. The van der Waals surface area contributed by atoms with Gasteiger partial charge in [-0.15, -0.1) is 0 Å². The van der Waals surface area contributed by atoms with E-state index in [4.69, 9.17) is 10.00 Å². The molecule has 0 spiro atoms. The molecule has 0 saturated carbocycles. The molecule has 1 unspecified atom stereocenters. The summed E-state index contributed by atoms with van der Waals surface area (Å²) in [6.45, 7) is 6.09. The number of aryl methyl sites for hydroxylation is 1. The molecule has 0 radical (unpaired) electrons. The van der Waals surface area contributed by atoms with Crippen LogP contribution in [-0.2, 0) is 0 Å². The van der Waals surface area contributed by atoms with Crippen LogP contribution in [0.2, 0.25) is 0 Å². The fourth-order valence-corrected chi connectivity index (χ4v) is 2.13. The van der Waals surface area contributed by atoms with E-state index in [1.807, 2.05) is 18.2 Å². The Morgan fingerprint density at radius 3 is 3.22 bits per heavy atom. The molecule has 0 aliphatic carbocycles. The number of rotatable bonds is 4. The van der Waals surface area contributed by atoms with Crippen LogP contribution in [0.4, 0.5) is 0 Å². The summed E-state index contributed by atoms with van der Waals surface area (Å²) >= 11 is 0. The molecule has 1 aromatic rings. The summed E-state index contributed by atoms with van der Waals surface area (Å²) in [6, 6.07) is 10.3. The Hall–Kier alpha value is -1.57. The van der Waals surface area contributed by atoms with Crippen LogP contribution < -0.4 is 10.1 Å². The van der Waals surface area contributed by atoms with Crippen LogP contribution in [0.1, 0.15) is 5.56 Å². The second kappa shape index (κ2) is 6.39. The van der Waals surface area contributed by atoms with Crippen molar-refractivity contribution in [3.63, 3.8) is 0 Å². The third-order valence-corrected chi connectivity index (χ3v) is 3.14. The summed E-state index contributed by atoms with van der Waals surface area (Å²) in [5.74, 6) is 0.902. The fourth-order valence-electron chi connectivity index (χ4n) is 2.13. The van der Waals surface area contributed by atoms with Gasteiger partial charge in [-0.25, -0.2) is 0 Å². The maximum Gasteiger partial charge on any atom is 0.119 e. The minimum absolute atomic E-state index is 0.0279. The molecule has 96 valence electrons. The predicted molar refractivity (Wildman–Crippen MR) is 70.5 cm³/mol. The molecule has 0 amide bonds. The third-order valence-electron chi connectivity index (χ3n) is 3.14. The lowest BCUT2D eigenvalue weighted by Crippen LogP contribution is -2.51. The standard InChI is InChI=1S/C14H19N3O/c1-12-3-2-4-14(9-12)18-8-7-17-6-5-16-11-13(17)10-15/h2-4,9,13,16H,5-8,11H2,1H3. The Labute approximate surface area is 108 Å². The van der Waals surface area contributed by atoms with Gasteiger partial charge in [0.2, 0.25) is 0 Å². The Morgan fingerprint density at radius 1 is 1.56 bits per heavy atom. The van der Waals surface area contributed by atoms with Gasteiger partial charge in [0.25, 0.3) is 0 Å². The van der Waals surface area contributed by atoms with Crippen LogP contribution in [0.25, 0.3) is 0 Å². The normalized spacial score (nSPS) is 20.3. The lowest BCUT2D eigenvalue weighted by molar-refractivity contribution is 0.161. The van der Waals surface area contributed by atoms with E-state index in [1.54, 1.807) is 0 Å². The molecule has 1 atom stereocenters. The van der Waals surface area contributed by atoms with E-state index in [-0.39, 0.29) is 6.04 Å². The average molecular weight is 245 g/mol. The van der Waals surface area contributed by atoms with Crippen LogP contribution >= 0.6 is 0 Å². The van der Waals surface area contributed by atoms with Crippen molar-refractivity contribution in [3.8, 4) is 11.8 Å². The van der Waals surface area contributed by atoms with E-state index >= 15 is 0 Å². The Morgan fingerprint density at radius 2 is 2.44 bits per heavy atom. The first kappa shape index (κ1) is 12.9. The molecule has 1 aliphatic heterocycles. The number of hydrogen-bond acceptors (Lipinski definition) is 4. The Balaban J connectivity index is 1.79. The Kier molecular flexibility index (Phi) is 4.57. The highest BCUT2D eigenvalue weighted by Gasteiger charge is 2.20. The number of hydrogen-bond donors (Lipinski definition) is 1. The minimum Gasteiger partial charge on any atom is -0.492 e. The summed E-state index contributed by atoms with van der Waals surface area (Å²) in [5.41, 5.74) is 1.20. The molecule has 2 rings (SSSR count). The Bertz CT molecular complexity index is 427. The van der Waals surface area contributed by atoms with Crippen LogP contribution in [0.3, 0.4) is 0 Å². The number of benzene rings is 1. The van der Waals surface area contributed by atoms with E-state index < -0.39 is 0 Å². The van der Waals surface area contributed by atoms with Crippen LogP contribution in [0.15, 0.2) is 24.3 Å². The number of piperazine rings is 1. The molecular weight excluding hydrogens is 226 g/mol. The molecule has 1 heterocycles. The van der Waals surface area contributed by atoms with Crippen molar-refractivity contribution in [2.75, 3.05) is 32.8 Å². The van der Waals surface area contributed by atoms with Crippen LogP contribution in [0.5, 0.6) is 5.75 Å². The van der Waals surface area contributed by atoms with Crippen molar-refractivity contribution in [1.82, 2.24) is 10.2 Å². The lowest BCUT2D eigenvalue weighted by atomic mass is 10.2. The quantitative estimate of drug-likeness (QED) is 0.865. The number of nitriles is 1. The molecule has 0 bridgehead atoms. The van der Waals surface area contributed by atoms with E-state index in [2.05, 4.69) is 29.3 Å². The van der Waals surface area contributed by atoms with Gasteiger partial charge in [0, 0.05) is 26.2 Å². The number of nitrogens with zero attached hydrogens (tertiary/aromatic N) is 2. The molecule has 4 heteroatoms. The summed E-state index contributed by atoms with van der Waals surface area (Å²) in [4.78, 5) is 2.17. The van der Waals surface area contributed by atoms with Crippen molar-refractivity contribution < 1.29 is 4.74 Å². The smallest absolute Gasteiger partial charge is 0.119 e. The van der Waals surface area contributed by atoms with E-state index in [0.29, 0.717) is 6.61 Å². The highest BCUT2D eigenvalue weighted by molar-refractivity contribution is 5.27. The van der Waals surface area contributed by atoms with Gasteiger partial charge in [0.15, 0.2) is 0 Å². The van der Waals surface area contributed by atoms with Crippen molar-refractivity contribution in [2.24, 2.45) is 0 Å². The fraction of sp³-hybridized carbons (Fsp3) is 0.500. The van der Waals surface area contributed by atoms with E-state index in [1.165, 1.54) is 5.56 Å². The van der Waals surface area contributed by atoms with Gasteiger partial charge in [-0.1, -0.05) is 12.1 Å². The zero-order valence-electron chi connectivity index (χ0n) is 10.7. The zero-order valence-corrected chi connectivity index (χ0v) is 10.7. The van der Waals surface area contributed by atoms with Crippen molar-refractivity contribution in [2.45, 2.75) is 13.0 Å². The summed E-state index contributed by atoms with van der Waals surface area (Å²) < 4.78 is 5.71. The van der Waals surface area contributed by atoms with Gasteiger partial charge in [-0.05, 0) is 24.6 Å². The minimum atomic E-state index is -0.0279. The van der Waals surface area contributed by atoms with Crippen molar-refractivity contribution >= 4 is 0 Å². The first-order chi connectivity index (χ1) is 8.79. The topological polar surface area (TPSA) is 48.3 Å². The molecule has 18 heavy (non-hydrogen) atoms. The van der Waals surface area contributed by atoms with E-state index in [9.17, 15) is 0 Å². The molecule has 0 aromatic heterocycles. The maximum absolute atomic E-state index is 9.04. The predicted octanol–water partition coefficient (Wildman–Crippen LogP) is 1.17. The lowest BCUT2D eigenvalue weighted by Gasteiger charge is -2.31. The third kappa shape index (κ3) is 3.46. The number of ether oxygens (including phenoxy) is 1. The van der Waals surface area contributed by atoms with Gasteiger partial charge in [-0.2, -0.15) is 5.26 Å². The van der Waals surface area contributed by atoms with Crippen LogP contribution in [0, 0.1) is 18.3 Å². The average Bonchev–Trinajstić information content (AvgIpc) is 2.39. The number of nitrogens with one attached hydrogen (secondary N) is 1. The first-order valence-corrected chi connectivity index (χ1v) is 6.33. The van der Waals surface area contributed by atoms with Gasteiger partial charge in [0.1, 0.15) is 18.4 Å². The summed E-state index contributed by atoms with van der Waals surface area (Å²) in [5, 5.41) is 12.3.